The number of urea groups is 1. The minimum atomic E-state index is -0.238. The van der Waals surface area contributed by atoms with Gasteiger partial charge in [-0.25, -0.2) is 9.78 Å². The van der Waals surface area contributed by atoms with Crippen LogP contribution in [0.4, 0.5) is 16.2 Å². The molecule has 0 bridgehead atoms. The molecule has 1 aromatic heterocycles. The maximum atomic E-state index is 12.2. The normalized spacial score (nSPS) is 16.7. The monoisotopic (exact) mass is 442 g/mol. The number of halogens is 1. The molecule has 164 valence electrons. The highest BCUT2D eigenvalue weighted by Gasteiger charge is 2.24. The molecule has 0 aliphatic carbocycles. The Morgan fingerprint density at radius 2 is 1.97 bits per heavy atom. The summed E-state index contributed by atoms with van der Waals surface area (Å²) in [5, 5.41) is 5.94. The Morgan fingerprint density at radius 3 is 2.68 bits per heavy atom. The van der Waals surface area contributed by atoms with E-state index in [1.807, 2.05) is 13.0 Å². The average Bonchev–Trinajstić information content (AvgIpc) is 2.78. The van der Waals surface area contributed by atoms with Gasteiger partial charge in [-0.2, -0.15) is 0 Å². The van der Waals surface area contributed by atoms with Gasteiger partial charge in [0, 0.05) is 58.5 Å². The van der Waals surface area contributed by atoms with Crippen LogP contribution in [0, 0.1) is 0 Å². The molecule has 2 N–H and O–H groups in total. The number of hydrogen-bond acceptors (Lipinski definition) is 5. The number of hydrogen-bond donors (Lipinski definition) is 2. The molecule has 31 heavy (non-hydrogen) atoms. The minimum Gasteiger partial charge on any atom is -0.367 e. The predicted molar refractivity (Wildman–Crippen MR) is 122 cm³/mol. The lowest BCUT2D eigenvalue weighted by Gasteiger charge is -2.36. The Morgan fingerprint density at radius 1 is 1.19 bits per heavy atom. The summed E-state index contributed by atoms with van der Waals surface area (Å²) in [6.07, 6.45) is 0. The molecule has 2 aliphatic heterocycles. The second-order valence-corrected chi connectivity index (χ2v) is 8.17. The van der Waals surface area contributed by atoms with Crippen molar-refractivity contribution in [1.29, 1.82) is 0 Å². The Balaban J connectivity index is 1.40. The van der Waals surface area contributed by atoms with Crippen LogP contribution in [0.25, 0.3) is 0 Å². The van der Waals surface area contributed by atoms with Crippen LogP contribution in [0.1, 0.15) is 28.5 Å². The van der Waals surface area contributed by atoms with Crippen LogP contribution in [0.3, 0.4) is 0 Å². The second-order valence-electron chi connectivity index (χ2n) is 7.78. The van der Waals surface area contributed by atoms with Crippen molar-refractivity contribution in [1.82, 2.24) is 20.1 Å². The van der Waals surface area contributed by atoms with Crippen molar-refractivity contribution in [3.8, 4) is 0 Å². The first-order chi connectivity index (χ1) is 15.0. The Hall–Kier alpha value is -2.84. The van der Waals surface area contributed by atoms with E-state index in [4.69, 9.17) is 11.6 Å². The average molecular weight is 443 g/mol. The van der Waals surface area contributed by atoms with Gasteiger partial charge in [0.1, 0.15) is 5.15 Å². The van der Waals surface area contributed by atoms with Crippen molar-refractivity contribution in [2.75, 3.05) is 50.0 Å². The van der Waals surface area contributed by atoms with Crippen LogP contribution in [-0.2, 0) is 13.1 Å². The fourth-order valence-corrected chi connectivity index (χ4v) is 4.22. The highest BCUT2D eigenvalue weighted by Crippen LogP contribution is 2.26. The van der Waals surface area contributed by atoms with Gasteiger partial charge in [0.05, 0.1) is 5.69 Å². The molecule has 0 saturated carbocycles. The number of piperazine rings is 1. The number of nitrogens with one attached hydrogen (secondary N) is 2. The molecule has 3 heterocycles. The molecule has 2 aromatic rings. The van der Waals surface area contributed by atoms with E-state index in [1.165, 1.54) is 5.56 Å². The van der Waals surface area contributed by atoms with Crippen LogP contribution >= 0.6 is 11.6 Å². The van der Waals surface area contributed by atoms with E-state index in [9.17, 15) is 9.59 Å². The highest BCUT2D eigenvalue weighted by molar-refractivity contribution is 6.29. The van der Waals surface area contributed by atoms with Gasteiger partial charge in [-0.15, -0.1) is 0 Å². The summed E-state index contributed by atoms with van der Waals surface area (Å²) in [6.45, 7) is 7.46. The highest BCUT2D eigenvalue weighted by atomic mass is 35.5. The van der Waals surface area contributed by atoms with Crippen molar-refractivity contribution in [3.05, 3.63) is 52.3 Å². The first kappa shape index (κ1) is 21.4. The lowest BCUT2D eigenvalue weighted by molar-refractivity contribution is 0.0958. The molecule has 0 atom stereocenters. The van der Waals surface area contributed by atoms with E-state index in [2.05, 4.69) is 43.6 Å². The number of rotatable bonds is 5. The lowest BCUT2D eigenvalue weighted by atomic mass is 10.1. The van der Waals surface area contributed by atoms with E-state index < -0.39 is 0 Å². The molecule has 0 spiro atoms. The quantitative estimate of drug-likeness (QED) is 0.696. The molecule has 0 radical (unpaired) electrons. The molecule has 1 aromatic carbocycles. The van der Waals surface area contributed by atoms with Gasteiger partial charge in [-0.3, -0.25) is 9.69 Å². The number of fused-ring (bicyclic) bond motifs is 1. The molecular formula is C22H27ClN6O2. The molecule has 9 heteroatoms. The van der Waals surface area contributed by atoms with E-state index in [0.29, 0.717) is 23.9 Å². The molecule has 1 fully saturated rings. The third-order valence-electron chi connectivity index (χ3n) is 5.85. The largest absolute Gasteiger partial charge is 0.367 e. The molecule has 8 nitrogen and oxygen atoms in total. The maximum absolute atomic E-state index is 12.2. The molecule has 3 amide bonds. The summed E-state index contributed by atoms with van der Waals surface area (Å²) in [6, 6.07) is 9.88. The molecule has 0 unspecified atom stereocenters. The molecule has 4 rings (SSSR count). The first-order valence-corrected chi connectivity index (χ1v) is 10.9. The number of benzene rings is 1. The van der Waals surface area contributed by atoms with Crippen LogP contribution in [0.15, 0.2) is 30.3 Å². The van der Waals surface area contributed by atoms with Gasteiger partial charge < -0.3 is 20.4 Å². The van der Waals surface area contributed by atoms with E-state index in [1.54, 1.807) is 18.0 Å². The summed E-state index contributed by atoms with van der Waals surface area (Å²) in [5.74, 6) is -0.238. The van der Waals surface area contributed by atoms with Gasteiger partial charge in [-0.1, -0.05) is 23.7 Å². The number of amides is 3. The van der Waals surface area contributed by atoms with Gasteiger partial charge in [-0.05, 0) is 36.2 Å². The molecule has 1 saturated heterocycles. The fraction of sp³-hybridized carbons (Fsp3) is 0.409. The zero-order valence-corrected chi connectivity index (χ0v) is 18.6. The smallest absolute Gasteiger partial charge is 0.322 e. The SMILES string of the molecule is CCN1Cc2ccc(CN3CCN(c4ccc(Cl)nc4C(=O)NC)CC3)cc2NC1=O. The summed E-state index contributed by atoms with van der Waals surface area (Å²) < 4.78 is 0. The summed E-state index contributed by atoms with van der Waals surface area (Å²) in [7, 11) is 1.59. The van der Waals surface area contributed by atoms with Gasteiger partial charge in [0.25, 0.3) is 5.91 Å². The molecule has 2 aliphatic rings. The number of anilines is 2. The lowest BCUT2D eigenvalue weighted by Crippen LogP contribution is -2.46. The number of carbonyl (C=O) groups excluding carboxylic acids is 2. The first-order valence-electron chi connectivity index (χ1n) is 10.5. The van der Waals surface area contributed by atoms with Crippen LogP contribution < -0.4 is 15.5 Å². The van der Waals surface area contributed by atoms with Crippen LogP contribution in [0.2, 0.25) is 5.15 Å². The Labute approximate surface area is 187 Å². The standard InChI is InChI=1S/C22H27ClN6O2/c1-3-28-14-16-5-4-15(12-17(16)25-22(28)31)13-27-8-10-29(11-9-27)18-6-7-19(23)26-20(18)21(30)24-2/h4-7,12H,3,8-11,13-14H2,1-2H3,(H,24,30)(H,25,31). The van der Waals surface area contributed by atoms with Crippen molar-refractivity contribution < 1.29 is 9.59 Å². The minimum absolute atomic E-state index is 0.0377. The predicted octanol–water partition coefficient (Wildman–Crippen LogP) is 2.78. The van der Waals surface area contributed by atoms with Gasteiger partial charge >= 0.3 is 6.03 Å². The third kappa shape index (κ3) is 4.60. The Bertz CT molecular complexity index is 990. The van der Waals surface area contributed by atoms with Crippen LogP contribution in [-0.4, -0.2) is 66.5 Å². The van der Waals surface area contributed by atoms with E-state index in [-0.39, 0.29) is 11.9 Å². The Kier molecular flexibility index (Phi) is 6.29. The maximum Gasteiger partial charge on any atom is 0.322 e. The number of pyridine rings is 1. The van der Waals surface area contributed by atoms with Gasteiger partial charge in [0.2, 0.25) is 0 Å². The van der Waals surface area contributed by atoms with Crippen molar-refractivity contribution >= 4 is 34.9 Å². The number of aromatic nitrogens is 1. The topological polar surface area (TPSA) is 80.8 Å². The summed E-state index contributed by atoms with van der Waals surface area (Å²) in [5.41, 5.74) is 4.40. The second kappa shape index (κ2) is 9.11. The van der Waals surface area contributed by atoms with Crippen molar-refractivity contribution in [2.24, 2.45) is 0 Å². The zero-order valence-electron chi connectivity index (χ0n) is 17.8. The summed E-state index contributed by atoms with van der Waals surface area (Å²) >= 11 is 6.00. The van der Waals surface area contributed by atoms with E-state index in [0.717, 1.165) is 49.7 Å². The van der Waals surface area contributed by atoms with Crippen molar-refractivity contribution in [2.45, 2.75) is 20.0 Å². The molecular weight excluding hydrogens is 416 g/mol. The number of carbonyl (C=O) groups is 2. The van der Waals surface area contributed by atoms with E-state index >= 15 is 0 Å². The number of nitrogens with zero attached hydrogens (tertiary/aromatic N) is 4. The van der Waals surface area contributed by atoms with Crippen LogP contribution in [0.5, 0.6) is 0 Å². The fourth-order valence-electron chi connectivity index (χ4n) is 4.08. The van der Waals surface area contributed by atoms with Gasteiger partial charge in [0.15, 0.2) is 5.69 Å². The third-order valence-corrected chi connectivity index (χ3v) is 6.06. The summed E-state index contributed by atoms with van der Waals surface area (Å²) in [4.78, 5) is 34.9. The zero-order chi connectivity index (χ0) is 22.0. The van der Waals surface area contributed by atoms with Crippen molar-refractivity contribution in [3.63, 3.8) is 0 Å².